The Labute approximate surface area is 158 Å². The van der Waals surface area contributed by atoms with Gasteiger partial charge in [0.2, 0.25) is 0 Å². The Balaban J connectivity index is 3.25. The number of alkyl halides is 1. The Morgan fingerprint density at radius 1 is 1.44 bits per heavy atom. The maximum Gasteiger partial charge on any atom is 0.332 e. The summed E-state index contributed by atoms with van der Waals surface area (Å²) in [6.07, 6.45) is 2.77. The average molecular weight is 414 g/mol. The minimum Gasteiger partial charge on any atom is -0.511 e. The van der Waals surface area contributed by atoms with Crippen LogP contribution >= 0.6 is 15.9 Å². The van der Waals surface area contributed by atoms with Crippen LogP contribution in [0.2, 0.25) is 0 Å². The van der Waals surface area contributed by atoms with Crippen molar-refractivity contribution in [3.63, 3.8) is 0 Å². The van der Waals surface area contributed by atoms with Crippen LogP contribution in [0.4, 0.5) is 0 Å². The van der Waals surface area contributed by atoms with Crippen molar-refractivity contribution in [3.05, 3.63) is 24.0 Å². The van der Waals surface area contributed by atoms with Gasteiger partial charge in [0.05, 0.1) is 11.3 Å². The fourth-order valence-electron chi connectivity index (χ4n) is 2.80. The van der Waals surface area contributed by atoms with Gasteiger partial charge in [-0.2, -0.15) is 0 Å². The topological polar surface area (TPSA) is 76.0 Å². The first-order valence-corrected chi connectivity index (χ1v) is 9.59. The molecule has 1 aliphatic carbocycles. The second-order valence-corrected chi connectivity index (χ2v) is 8.17. The molecule has 0 aromatic heterocycles. The van der Waals surface area contributed by atoms with Crippen LogP contribution in [0.3, 0.4) is 0 Å². The molecule has 0 saturated heterocycles. The zero-order chi connectivity index (χ0) is 19.2. The lowest BCUT2D eigenvalue weighted by Crippen LogP contribution is -2.32. The van der Waals surface area contributed by atoms with Gasteiger partial charge >= 0.3 is 5.97 Å². The molecule has 0 radical (unpaired) electrons. The van der Waals surface area contributed by atoms with Crippen LogP contribution < -0.4 is 0 Å². The number of aliphatic imine (C=N–C) groups is 1. The molecule has 0 bridgehead atoms. The zero-order valence-electron chi connectivity index (χ0n) is 15.5. The summed E-state index contributed by atoms with van der Waals surface area (Å²) in [5, 5.41) is 10.7. The monoisotopic (exact) mass is 413 g/mol. The number of esters is 1. The van der Waals surface area contributed by atoms with Crippen LogP contribution in [0, 0.1) is 11.3 Å². The van der Waals surface area contributed by atoms with E-state index in [2.05, 4.69) is 27.5 Å². The van der Waals surface area contributed by atoms with E-state index in [9.17, 15) is 14.7 Å². The maximum atomic E-state index is 12.6. The molecule has 0 heterocycles. The van der Waals surface area contributed by atoms with E-state index < -0.39 is 12.0 Å². The first-order valence-electron chi connectivity index (χ1n) is 8.47. The summed E-state index contributed by atoms with van der Waals surface area (Å²) in [5.41, 5.74) is 0.481. The van der Waals surface area contributed by atoms with E-state index in [1.807, 2.05) is 27.7 Å². The number of ketones is 1. The standard InChI is InChI=1S/C19H28BrNO4/c1-6-7-25-18(24)14(11-20)21-13(8-12(2)3)17-15(22)9-19(4,5)10-16(17)23/h6,12,14,22H,1,7-11H2,2-5H3/t14-/m1/s1. The maximum absolute atomic E-state index is 12.6. The average Bonchev–Trinajstić information content (AvgIpc) is 2.47. The summed E-state index contributed by atoms with van der Waals surface area (Å²) in [6, 6.07) is -0.767. The van der Waals surface area contributed by atoms with E-state index >= 15 is 0 Å². The summed E-state index contributed by atoms with van der Waals surface area (Å²) in [7, 11) is 0. The molecule has 1 rings (SSSR count). The molecule has 25 heavy (non-hydrogen) atoms. The highest BCUT2D eigenvalue weighted by molar-refractivity contribution is 9.09. The SMILES string of the molecule is C=CCOC(=O)[C@@H](CBr)N=C(CC(C)C)C1=C(O)CC(C)(C)CC1=O. The molecule has 1 atom stereocenters. The second-order valence-electron chi connectivity index (χ2n) is 7.53. The Hall–Kier alpha value is -1.43. The molecule has 0 spiro atoms. The minimum atomic E-state index is -0.767. The largest absolute Gasteiger partial charge is 0.511 e. The Morgan fingerprint density at radius 2 is 2.08 bits per heavy atom. The van der Waals surface area contributed by atoms with Gasteiger partial charge in [-0.25, -0.2) is 4.79 Å². The molecular weight excluding hydrogens is 386 g/mol. The third-order valence-corrected chi connectivity index (χ3v) is 4.43. The van der Waals surface area contributed by atoms with Crippen LogP contribution in [0.5, 0.6) is 0 Å². The van der Waals surface area contributed by atoms with Gasteiger partial charge in [0.15, 0.2) is 11.8 Å². The summed E-state index contributed by atoms with van der Waals surface area (Å²) in [4.78, 5) is 29.2. The van der Waals surface area contributed by atoms with Crippen LogP contribution in [-0.2, 0) is 14.3 Å². The lowest BCUT2D eigenvalue weighted by molar-refractivity contribution is -0.143. The van der Waals surface area contributed by atoms with E-state index in [1.165, 1.54) is 6.08 Å². The van der Waals surface area contributed by atoms with Gasteiger partial charge in [-0.1, -0.05) is 56.3 Å². The molecule has 0 fully saturated rings. The quantitative estimate of drug-likeness (QED) is 0.280. The number of aliphatic hydroxyl groups excluding tert-OH is 1. The van der Waals surface area contributed by atoms with Gasteiger partial charge in [-0.15, -0.1) is 0 Å². The highest BCUT2D eigenvalue weighted by atomic mass is 79.9. The molecule has 0 aromatic carbocycles. The minimum absolute atomic E-state index is 0.0634. The van der Waals surface area contributed by atoms with Crippen molar-refractivity contribution in [3.8, 4) is 0 Å². The van der Waals surface area contributed by atoms with Gasteiger partial charge in [0.25, 0.3) is 0 Å². The third-order valence-electron chi connectivity index (χ3n) is 3.82. The molecule has 0 saturated carbocycles. The molecule has 1 aliphatic rings. The van der Waals surface area contributed by atoms with E-state index in [1.54, 1.807) is 0 Å². The second kappa shape index (κ2) is 9.32. The molecule has 1 N–H and O–H groups in total. The van der Waals surface area contributed by atoms with Crippen molar-refractivity contribution in [1.29, 1.82) is 0 Å². The number of nitrogens with zero attached hydrogens (tertiary/aromatic N) is 1. The van der Waals surface area contributed by atoms with Gasteiger partial charge in [-0.05, 0) is 17.8 Å². The zero-order valence-corrected chi connectivity index (χ0v) is 17.1. The molecule has 0 aliphatic heterocycles. The normalized spacial score (nSPS) is 19.1. The van der Waals surface area contributed by atoms with E-state index in [0.29, 0.717) is 25.0 Å². The predicted octanol–water partition coefficient (Wildman–Crippen LogP) is 4.17. The van der Waals surface area contributed by atoms with Gasteiger partial charge < -0.3 is 9.84 Å². The number of halogens is 1. The van der Waals surface area contributed by atoms with Crippen molar-refractivity contribution in [1.82, 2.24) is 0 Å². The summed E-state index contributed by atoms with van der Waals surface area (Å²) in [6.45, 7) is 11.5. The number of rotatable bonds is 8. The molecule has 0 amide bonds. The van der Waals surface area contributed by atoms with Gasteiger partial charge in [0.1, 0.15) is 12.4 Å². The lowest BCUT2D eigenvalue weighted by atomic mass is 9.75. The first-order chi connectivity index (χ1) is 11.6. The number of ether oxygens (including phenoxy) is 1. The summed E-state index contributed by atoms with van der Waals surface area (Å²) < 4.78 is 5.07. The predicted molar refractivity (Wildman–Crippen MR) is 103 cm³/mol. The third kappa shape index (κ3) is 6.42. The number of hydrogen-bond donors (Lipinski definition) is 1. The van der Waals surface area contributed by atoms with Crippen molar-refractivity contribution < 1.29 is 19.4 Å². The van der Waals surface area contributed by atoms with Gasteiger partial charge in [0, 0.05) is 18.2 Å². The van der Waals surface area contributed by atoms with E-state index in [-0.39, 0.29) is 40.4 Å². The number of carbonyl (C=O) groups is 2. The number of aliphatic hydroxyl groups is 1. The smallest absolute Gasteiger partial charge is 0.332 e. The lowest BCUT2D eigenvalue weighted by Gasteiger charge is -2.30. The number of Topliss-reactive ketones (excluding diaryl/α,β-unsaturated/α-hetero) is 1. The first kappa shape index (κ1) is 21.6. The summed E-state index contributed by atoms with van der Waals surface area (Å²) in [5.74, 6) is -0.321. The van der Waals surface area contributed by atoms with Crippen LogP contribution in [0.1, 0.15) is 47.0 Å². The molecule has 140 valence electrons. The Kier molecular flexibility index (Phi) is 8.06. The van der Waals surface area contributed by atoms with Crippen molar-refractivity contribution in [2.24, 2.45) is 16.3 Å². The molecule has 5 nitrogen and oxygen atoms in total. The number of allylic oxidation sites excluding steroid dienone is 2. The fraction of sp³-hybridized carbons (Fsp3) is 0.632. The number of hydrogen-bond acceptors (Lipinski definition) is 5. The fourth-order valence-corrected chi connectivity index (χ4v) is 3.21. The molecule has 0 unspecified atom stereocenters. The van der Waals surface area contributed by atoms with Crippen LogP contribution in [0.15, 0.2) is 29.0 Å². The number of carbonyl (C=O) groups excluding carboxylic acids is 2. The Bertz CT molecular complexity index is 590. The van der Waals surface area contributed by atoms with Crippen molar-refractivity contribution >= 4 is 33.4 Å². The van der Waals surface area contributed by atoms with E-state index in [0.717, 1.165) is 0 Å². The summed E-state index contributed by atoms with van der Waals surface area (Å²) >= 11 is 3.28. The van der Waals surface area contributed by atoms with Crippen molar-refractivity contribution in [2.45, 2.75) is 53.0 Å². The molecule has 6 heteroatoms. The van der Waals surface area contributed by atoms with Crippen LogP contribution in [-0.4, -0.2) is 40.5 Å². The highest BCUT2D eigenvalue weighted by Gasteiger charge is 2.35. The highest BCUT2D eigenvalue weighted by Crippen LogP contribution is 2.37. The van der Waals surface area contributed by atoms with Crippen molar-refractivity contribution in [2.75, 3.05) is 11.9 Å². The molecule has 0 aromatic rings. The van der Waals surface area contributed by atoms with Gasteiger partial charge in [-0.3, -0.25) is 9.79 Å². The Morgan fingerprint density at radius 3 is 2.56 bits per heavy atom. The van der Waals surface area contributed by atoms with E-state index in [4.69, 9.17) is 4.74 Å². The molecular formula is C19H28BrNO4. The van der Waals surface area contributed by atoms with Crippen LogP contribution in [0.25, 0.3) is 0 Å².